The van der Waals surface area contributed by atoms with Gasteiger partial charge in [-0.1, -0.05) is 97.1 Å². The van der Waals surface area contributed by atoms with E-state index in [2.05, 4.69) is 26.3 Å². The van der Waals surface area contributed by atoms with Crippen molar-refractivity contribution in [1.29, 1.82) is 0 Å². The van der Waals surface area contributed by atoms with Gasteiger partial charge in [-0.15, -0.1) is 0 Å². The van der Waals surface area contributed by atoms with Crippen LogP contribution in [0.25, 0.3) is 10.9 Å². The van der Waals surface area contributed by atoms with Crippen molar-refractivity contribution in [2.24, 2.45) is 5.92 Å². The highest BCUT2D eigenvalue weighted by molar-refractivity contribution is 5.95. The van der Waals surface area contributed by atoms with Crippen LogP contribution in [-0.4, -0.2) is 59.8 Å². The number of hydrogen-bond donors (Lipinski definition) is 6. The Bertz CT molecular complexity index is 2460. The lowest BCUT2D eigenvalue weighted by Crippen LogP contribution is -2.50. The average molecular weight is 854 g/mol. The van der Waals surface area contributed by atoms with Crippen molar-refractivity contribution in [1.82, 2.24) is 15.6 Å². The van der Waals surface area contributed by atoms with E-state index in [4.69, 9.17) is 14.2 Å². The van der Waals surface area contributed by atoms with Crippen LogP contribution in [0.4, 0.5) is 21.0 Å². The number of benzene rings is 5. The summed E-state index contributed by atoms with van der Waals surface area (Å²) >= 11 is 0. The van der Waals surface area contributed by atoms with Gasteiger partial charge in [0.25, 0.3) is 0 Å². The summed E-state index contributed by atoms with van der Waals surface area (Å²) in [4.78, 5) is 68.7. The van der Waals surface area contributed by atoms with E-state index in [0.29, 0.717) is 31.2 Å². The Hall–Kier alpha value is -7.61. The van der Waals surface area contributed by atoms with E-state index in [0.717, 1.165) is 38.9 Å². The van der Waals surface area contributed by atoms with E-state index < -0.39 is 41.9 Å². The number of ether oxygens (including phenoxy) is 3. The van der Waals surface area contributed by atoms with Crippen LogP contribution >= 0.6 is 0 Å². The number of rotatable bonds is 21. The van der Waals surface area contributed by atoms with Gasteiger partial charge in [0.2, 0.25) is 11.8 Å². The van der Waals surface area contributed by atoms with Crippen molar-refractivity contribution in [3.63, 3.8) is 0 Å². The molecule has 0 fully saturated rings. The highest BCUT2D eigenvalue weighted by Gasteiger charge is 2.28. The molecule has 6 N–H and O–H groups in total. The summed E-state index contributed by atoms with van der Waals surface area (Å²) in [5, 5.41) is 21.8. The fourth-order valence-corrected chi connectivity index (χ4v) is 7.05. The fourth-order valence-electron chi connectivity index (χ4n) is 7.05. The summed E-state index contributed by atoms with van der Waals surface area (Å²) in [6.07, 6.45) is 1.88. The van der Waals surface area contributed by atoms with Crippen LogP contribution in [0, 0.1) is 5.92 Å². The number of aryl methyl sites for hydroxylation is 1. The molecule has 5 aromatic carbocycles. The number of aromatic amines is 1. The number of aliphatic carboxylic acids is 1. The normalized spacial score (nSPS) is 11.8. The predicted octanol–water partition coefficient (Wildman–Crippen LogP) is 8.17. The van der Waals surface area contributed by atoms with Gasteiger partial charge in [-0.3, -0.25) is 25.0 Å². The zero-order valence-electron chi connectivity index (χ0n) is 34.9. The molecule has 1 heterocycles. The molecular formula is C49H51N5O9. The average Bonchev–Trinajstić information content (AvgIpc) is 3.71. The Morgan fingerprint density at radius 1 is 0.667 bits per heavy atom. The summed E-state index contributed by atoms with van der Waals surface area (Å²) in [5.41, 5.74) is 5.51. The van der Waals surface area contributed by atoms with Crippen molar-refractivity contribution in [2.45, 2.75) is 57.8 Å². The maximum Gasteiger partial charge on any atom is 0.412 e. The van der Waals surface area contributed by atoms with Gasteiger partial charge < -0.3 is 34.9 Å². The molecule has 0 spiro atoms. The van der Waals surface area contributed by atoms with Gasteiger partial charge in [-0.05, 0) is 83.8 Å². The number of hydrogen-bond acceptors (Lipinski definition) is 8. The number of fused-ring (bicyclic) bond motifs is 1. The second kappa shape index (κ2) is 22.8. The number of methoxy groups -OCH3 is 1. The van der Waals surface area contributed by atoms with E-state index in [1.165, 1.54) is 0 Å². The standard InChI is InChI=1S/C49H51N5O9/c1-61-39-22-19-33(20-23-39)15-10-16-37(29-45(55)56)46(57)52-44(28-38-30-51-41-18-9-8-17-40(38)41)47(58)50-26-25-34-21-24-42(53-48(59)62-31-35-11-4-2-5-12-35)43(27-34)54-49(60)63-32-36-13-6-3-7-14-36/h2-9,11-14,17-24,27,30,37,44,51H,10,15-16,25-26,28-29,31-32H2,1H3,(H,50,58)(H,52,57)(H,53,59)(H,54,60)(H,55,56)/t37-,44+/m1/s1. The number of carbonyl (C=O) groups excluding carboxylic acids is 4. The lowest BCUT2D eigenvalue weighted by atomic mass is 9.94. The largest absolute Gasteiger partial charge is 0.497 e. The van der Waals surface area contributed by atoms with Gasteiger partial charge in [0.1, 0.15) is 25.0 Å². The van der Waals surface area contributed by atoms with E-state index in [1.807, 2.05) is 109 Å². The molecule has 0 saturated carbocycles. The molecule has 0 radical (unpaired) electrons. The third kappa shape index (κ3) is 14.0. The summed E-state index contributed by atoms with van der Waals surface area (Å²) in [7, 11) is 1.59. The third-order valence-electron chi connectivity index (χ3n) is 10.4. The Labute approximate surface area is 365 Å². The number of carboxylic acids is 1. The molecule has 6 aromatic rings. The zero-order valence-corrected chi connectivity index (χ0v) is 34.9. The van der Waals surface area contributed by atoms with E-state index in [9.17, 15) is 29.1 Å². The molecule has 4 amide bonds. The molecule has 63 heavy (non-hydrogen) atoms. The second-order valence-electron chi connectivity index (χ2n) is 15.0. The van der Waals surface area contributed by atoms with Gasteiger partial charge in [0.15, 0.2) is 0 Å². The Balaban J connectivity index is 1.13. The summed E-state index contributed by atoms with van der Waals surface area (Å²) < 4.78 is 16.1. The quantitative estimate of drug-likeness (QED) is 0.0414. The SMILES string of the molecule is COc1ccc(CCC[C@H](CC(=O)O)C(=O)N[C@@H](Cc2c[nH]c3ccccc23)C(=O)NCCc2ccc(NC(=O)OCc3ccccc3)c(NC(=O)OCc3ccccc3)c2)cc1. The van der Waals surface area contributed by atoms with Gasteiger partial charge >= 0.3 is 18.2 Å². The van der Waals surface area contributed by atoms with Crippen molar-refractivity contribution >= 4 is 52.2 Å². The lowest BCUT2D eigenvalue weighted by molar-refractivity contribution is -0.141. The monoisotopic (exact) mass is 853 g/mol. The first-order valence-electron chi connectivity index (χ1n) is 20.7. The Morgan fingerprint density at radius 2 is 1.29 bits per heavy atom. The zero-order chi connectivity index (χ0) is 44.4. The molecule has 0 aliphatic rings. The number of para-hydroxylation sites is 1. The van der Waals surface area contributed by atoms with Crippen LogP contribution in [-0.2, 0) is 56.3 Å². The van der Waals surface area contributed by atoms with Gasteiger partial charge in [0.05, 0.1) is 24.9 Å². The van der Waals surface area contributed by atoms with Crippen molar-refractivity contribution in [3.8, 4) is 5.75 Å². The first-order chi connectivity index (χ1) is 30.6. The Kier molecular flexibility index (Phi) is 16.3. The van der Waals surface area contributed by atoms with Crippen molar-refractivity contribution in [2.75, 3.05) is 24.3 Å². The number of aromatic nitrogens is 1. The smallest absolute Gasteiger partial charge is 0.412 e. The van der Waals surface area contributed by atoms with Crippen molar-refractivity contribution in [3.05, 3.63) is 161 Å². The molecule has 6 rings (SSSR count). The van der Waals surface area contributed by atoms with Crippen LogP contribution in [0.15, 0.2) is 134 Å². The minimum atomic E-state index is -1.11. The maximum atomic E-state index is 14.0. The minimum Gasteiger partial charge on any atom is -0.497 e. The van der Waals surface area contributed by atoms with Gasteiger partial charge in [-0.2, -0.15) is 0 Å². The van der Waals surface area contributed by atoms with Crippen LogP contribution in [0.2, 0.25) is 0 Å². The first kappa shape index (κ1) is 44.9. The fraction of sp³-hybridized carbons (Fsp3) is 0.245. The summed E-state index contributed by atoms with van der Waals surface area (Å²) in [5.74, 6) is -2.23. The molecule has 14 nitrogen and oxygen atoms in total. The number of nitrogens with one attached hydrogen (secondary N) is 5. The van der Waals surface area contributed by atoms with E-state index >= 15 is 0 Å². The van der Waals surface area contributed by atoms with Crippen LogP contribution in [0.3, 0.4) is 0 Å². The van der Waals surface area contributed by atoms with Crippen LogP contribution in [0.1, 0.15) is 47.1 Å². The van der Waals surface area contributed by atoms with Crippen molar-refractivity contribution < 1.29 is 43.3 Å². The molecule has 1 aromatic heterocycles. The molecule has 2 atom stereocenters. The van der Waals surface area contributed by atoms with Gasteiger partial charge in [-0.25, -0.2) is 9.59 Å². The molecule has 326 valence electrons. The summed E-state index contributed by atoms with van der Waals surface area (Å²) in [6.45, 7) is 0.208. The molecular weight excluding hydrogens is 803 g/mol. The Morgan fingerprint density at radius 3 is 1.94 bits per heavy atom. The number of carboxylic acid groups (broad SMARTS) is 1. The molecule has 0 bridgehead atoms. The number of carbonyl (C=O) groups is 5. The third-order valence-corrected chi connectivity index (χ3v) is 10.4. The second-order valence-corrected chi connectivity index (χ2v) is 15.0. The van der Waals surface area contributed by atoms with Gasteiger partial charge in [0, 0.05) is 36.0 Å². The molecule has 0 saturated heterocycles. The number of amides is 4. The predicted molar refractivity (Wildman–Crippen MR) is 239 cm³/mol. The van der Waals surface area contributed by atoms with Crippen LogP contribution in [0.5, 0.6) is 5.75 Å². The topological polar surface area (TPSA) is 197 Å². The molecule has 14 heteroatoms. The molecule has 0 aliphatic heterocycles. The summed E-state index contributed by atoms with van der Waals surface area (Å²) in [6, 6.07) is 37.6. The highest BCUT2D eigenvalue weighted by atomic mass is 16.6. The number of H-pyrrole nitrogens is 1. The van der Waals surface area contributed by atoms with E-state index in [1.54, 1.807) is 31.5 Å². The van der Waals surface area contributed by atoms with E-state index in [-0.39, 0.29) is 44.0 Å². The highest BCUT2D eigenvalue weighted by Crippen LogP contribution is 2.25. The maximum absolute atomic E-state index is 14.0. The van der Waals surface area contributed by atoms with Crippen LogP contribution < -0.4 is 26.0 Å². The number of anilines is 2. The first-order valence-corrected chi connectivity index (χ1v) is 20.7. The molecule has 0 unspecified atom stereocenters. The lowest BCUT2D eigenvalue weighted by Gasteiger charge is -2.22. The molecule has 0 aliphatic carbocycles. The minimum absolute atomic E-state index is 0.0251.